The number of nitrogens with zero attached hydrogens (tertiary/aromatic N) is 2. The predicted octanol–water partition coefficient (Wildman–Crippen LogP) is 1.70. The Morgan fingerprint density at radius 2 is 2.14 bits per heavy atom. The Balaban J connectivity index is 2.80. The quantitative estimate of drug-likeness (QED) is 0.687. The van der Waals surface area contributed by atoms with Crippen LogP contribution in [0.3, 0.4) is 0 Å². The molecule has 0 atom stereocenters. The van der Waals surface area contributed by atoms with Gasteiger partial charge in [-0.3, -0.25) is 4.79 Å². The van der Waals surface area contributed by atoms with Crippen molar-refractivity contribution in [1.82, 2.24) is 9.78 Å². The molecule has 0 fully saturated rings. The Morgan fingerprint density at radius 3 is 2.79 bits per heavy atom. The van der Waals surface area contributed by atoms with Crippen molar-refractivity contribution in [2.24, 2.45) is 0 Å². The second-order valence-corrected chi connectivity index (χ2v) is 2.96. The predicted molar refractivity (Wildman–Crippen MR) is 52.6 cm³/mol. The summed E-state index contributed by atoms with van der Waals surface area (Å²) < 4.78 is 6.42. The van der Waals surface area contributed by atoms with E-state index in [0.717, 1.165) is 10.9 Å². The Hall–Kier alpha value is -1.84. The van der Waals surface area contributed by atoms with Gasteiger partial charge in [0.1, 0.15) is 0 Å². The molecule has 0 aliphatic carbocycles. The normalized spacial score (nSPS) is 10.4. The number of benzene rings is 1. The molecule has 0 spiro atoms. The van der Waals surface area contributed by atoms with Gasteiger partial charge < -0.3 is 4.74 Å². The zero-order valence-corrected chi connectivity index (χ0v) is 8.02. The van der Waals surface area contributed by atoms with Crippen molar-refractivity contribution in [3.63, 3.8) is 0 Å². The minimum atomic E-state index is -0.121. The molecule has 14 heavy (non-hydrogen) atoms. The summed E-state index contributed by atoms with van der Waals surface area (Å²) in [5, 5.41) is 4.90. The van der Waals surface area contributed by atoms with Gasteiger partial charge in [0, 0.05) is 6.92 Å². The van der Waals surface area contributed by atoms with E-state index >= 15 is 0 Å². The van der Waals surface area contributed by atoms with Gasteiger partial charge in [-0.1, -0.05) is 12.1 Å². The van der Waals surface area contributed by atoms with Crippen LogP contribution in [0.4, 0.5) is 0 Å². The lowest BCUT2D eigenvalue weighted by Crippen LogP contribution is -2.06. The Morgan fingerprint density at radius 1 is 1.43 bits per heavy atom. The summed E-state index contributed by atoms with van der Waals surface area (Å²) in [7, 11) is 1.54. The molecule has 0 radical (unpaired) electrons. The highest BCUT2D eigenvalue weighted by atomic mass is 16.5. The number of rotatable bonds is 1. The van der Waals surface area contributed by atoms with Gasteiger partial charge in [-0.2, -0.15) is 4.68 Å². The fourth-order valence-electron chi connectivity index (χ4n) is 1.43. The van der Waals surface area contributed by atoms with Crippen LogP contribution >= 0.6 is 0 Å². The summed E-state index contributed by atoms with van der Waals surface area (Å²) in [6, 6.07) is 7.47. The summed E-state index contributed by atoms with van der Waals surface area (Å²) >= 11 is 0. The molecular weight excluding hydrogens is 180 g/mol. The van der Waals surface area contributed by atoms with Gasteiger partial charge in [-0.25, -0.2) is 0 Å². The molecule has 0 N–H and O–H groups in total. The average molecular weight is 190 g/mol. The second-order valence-electron chi connectivity index (χ2n) is 2.96. The third kappa shape index (κ3) is 1.16. The standard InChI is InChI=1S/C10H10N2O2/c1-7(13)12-9-6-4-3-5-8(9)10(11-12)14-2/h3-6H,1-2H3. The van der Waals surface area contributed by atoms with Crippen molar-refractivity contribution in [2.45, 2.75) is 6.92 Å². The zero-order valence-electron chi connectivity index (χ0n) is 8.02. The fraction of sp³-hybridized carbons (Fsp3) is 0.200. The highest BCUT2D eigenvalue weighted by Crippen LogP contribution is 2.23. The minimum absolute atomic E-state index is 0.121. The maximum atomic E-state index is 11.2. The number of aromatic nitrogens is 2. The summed E-state index contributed by atoms with van der Waals surface area (Å²) in [6.07, 6.45) is 0. The van der Waals surface area contributed by atoms with Crippen LogP contribution in [-0.4, -0.2) is 22.8 Å². The number of hydrogen-bond donors (Lipinski definition) is 0. The van der Waals surface area contributed by atoms with E-state index in [1.54, 1.807) is 7.11 Å². The number of carbonyl (C=O) groups is 1. The molecule has 0 aliphatic heterocycles. The molecule has 1 aromatic heterocycles. The first-order valence-electron chi connectivity index (χ1n) is 4.26. The molecule has 1 heterocycles. The maximum absolute atomic E-state index is 11.2. The molecule has 0 saturated heterocycles. The van der Waals surface area contributed by atoms with E-state index in [1.807, 2.05) is 24.3 Å². The van der Waals surface area contributed by atoms with Crippen LogP contribution in [0.15, 0.2) is 24.3 Å². The van der Waals surface area contributed by atoms with Gasteiger partial charge in [0.2, 0.25) is 11.8 Å². The molecule has 0 aliphatic rings. The van der Waals surface area contributed by atoms with Crippen LogP contribution in [0.25, 0.3) is 10.9 Å². The lowest BCUT2D eigenvalue weighted by Gasteiger charge is -1.93. The highest BCUT2D eigenvalue weighted by Gasteiger charge is 2.11. The zero-order chi connectivity index (χ0) is 10.1. The average Bonchev–Trinajstić information content (AvgIpc) is 2.56. The molecule has 0 bridgehead atoms. The van der Waals surface area contributed by atoms with Crippen LogP contribution in [0, 0.1) is 0 Å². The van der Waals surface area contributed by atoms with Crippen LogP contribution < -0.4 is 4.74 Å². The largest absolute Gasteiger partial charge is 0.479 e. The molecule has 4 nitrogen and oxygen atoms in total. The molecule has 0 unspecified atom stereocenters. The van der Waals surface area contributed by atoms with E-state index in [2.05, 4.69) is 5.10 Å². The molecular formula is C10H10N2O2. The van der Waals surface area contributed by atoms with E-state index in [0.29, 0.717) is 5.88 Å². The summed E-state index contributed by atoms with van der Waals surface area (Å²) in [6.45, 7) is 1.47. The van der Waals surface area contributed by atoms with Crippen molar-refractivity contribution < 1.29 is 9.53 Å². The number of carbonyl (C=O) groups excluding carboxylic acids is 1. The van der Waals surface area contributed by atoms with Gasteiger partial charge in [0.15, 0.2) is 0 Å². The minimum Gasteiger partial charge on any atom is -0.479 e. The molecule has 0 amide bonds. The van der Waals surface area contributed by atoms with E-state index < -0.39 is 0 Å². The third-order valence-corrected chi connectivity index (χ3v) is 2.05. The van der Waals surface area contributed by atoms with Crippen molar-refractivity contribution in [1.29, 1.82) is 0 Å². The molecule has 2 aromatic rings. The number of para-hydroxylation sites is 1. The van der Waals surface area contributed by atoms with Crippen molar-refractivity contribution in [3.8, 4) is 5.88 Å². The van der Waals surface area contributed by atoms with Crippen molar-refractivity contribution >= 4 is 16.8 Å². The van der Waals surface area contributed by atoms with Crippen LogP contribution in [-0.2, 0) is 0 Å². The topological polar surface area (TPSA) is 44.1 Å². The second kappa shape index (κ2) is 3.14. The van der Waals surface area contributed by atoms with Gasteiger partial charge in [0.05, 0.1) is 18.0 Å². The van der Waals surface area contributed by atoms with Gasteiger partial charge >= 0.3 is 0 Å². The number of ether oxygens (including phenoxy) is 1. The number of fused-ring (bicyclic) bond motifs is 1. The van der Waals surface area contributed by atoms with Crippen LogP contribution in [0.1, 0.15) is 11.7 Å². The Labute approximate surface area is 81.1 Å². The first-order chi connectivity index (χ1) is 6.74. The molecule has 4 heteroatoms. The summed E-state index contributed by atoms with van der Waals surface area (Å²) in [5.74, 6) is 0.361. The van der Waals surface area contributed by atoms with E-state index in [1.165, 1.54) is 11.6 Å². The Bertz CT molecular complexity index is 488. The summed E-state index contributed by atoms with van der Waals surface area (Å²) in [4.78, 5) is 11.2. The summed E-state index contributed by atoms with van der Waals surface area (Å²) in [5.41, 5.74) is 0.775. The molecule has 0 saturated carbocycles. The fourth-order valence-corrected chi connectivity index (χ4v) is 1.43. The highest BCUT2D eigenvalue weighted by molar-refractivity contribution is 5.92. The number of hydrogen-bond acceptors (Lipinski definition) is 3. The molecule has 72 valence electrons. The SMILES string of the molecule is COc1nn(C(C)=O)c2ccccc12. The number of methoxy groups -OCH3 is 1. The van der Waals surface area contributed by atoms with E-state index in [4.69, 9.17) is 4.74 Å². The van der Waals surface area contributed by atoms with E-state index in [9.17, 15) is 4.79 Å². The van der Waals surface area contributed by atoms with Gasteiger partial charge in [-0.05, 0) is 12.1 Å². The van der Waals surface area contributed by atoms with Crippen LogP contribution in [0.5, 0.6) is 5.88 Å². The molecule has 2 rings (SSSR count). The van der Waals surface area contributed by atoms with Crippen LogP contribution in [0.2, 0.25) is 0 Å². The third-order valence-electron chi connectivity index (χ3n) is 2.05. The van der Waals surface area contributed by atoms with Crippen molar-refractivity contribution in [2.75, 3.05) is 7.11 Å². The van der Waals surface area contributed by atoms with Gasteiger partial charge in [-0.15, -0.1) is 5.10 Å². The van der Waals surface area contributed by atoms with E-state index in [-0.39, 0.29) is 5.91 Å². The van der Waals surface area contributed by atoms with Crippen molar-refractivity contribution in [3.05, 3.63) is 24.3 Å². The lowest BCUT2D eigenvalue weighted by molar-refractivity contribution is 0.0925. The molecule has 1 aromatic carbocycles. The van der Waals surface area contributed by atoms with Gasteiger partial charge in [0.25, 0.3) is 0 Å². The Kier molecular flexibility index (Phi) is 1.96. The maximum Gasteiger partial charge on any atom is 0.244 e. The monoisotopic (exact) mass is 190 g/mol. The lowest BCUT2D eigenvalue weighted by atomic mass is 10.2. The smallest absolute Gasteiger partial charge is 0.244 e. The first-order valence-corrected chi connectivity index (χ1v) is 4.26. The first kappa shape index (κ1) is 8.74.